The number of aliphatic carboxylic acids is 1. The summed E-state index contributed by atoms with van der Waals surface area (Å²) in [4.78, 5) is 59.5. The number of fused-ring (bicyclic) bond motifs is 1. The Bertz CT molecular complexity index is 2240. The quantitative estimate of drug-likeness (QED) is 0.0390. The van der Waals surface area contributed by atoms with E-state index >= 15 is 0 Å². The number of carboxylic acids is 1. The number of benzene rings is 2. The molecule has 22 heteroatoms. The number of carbonyl (C=O) groups is 3. The molecule has 0 aliphatic carbocycles. The van der Waals surface area contributed by atoms with Gasteiger partial charge in [0.1, 0.15) is 23.2 Å². The lowest BCUT2D eigenvalue weighted by Crippen LogP contribution is -2.31. The summed E-state index contributed by atoms with van der Waals surface area (Å²) in [7, 11) is -1.81. The van der Waals surface area contributed by atoms with Crippen LogP contribution in [0.15, 0.2) is 63.2 Å². The first kappa shape index (κ1) is 51.8. The zero-order chi connectivity index (χ0) is 45.0. The molecule has 0 amide bonds. The van der Waals surface area contributed by atoms with E-state index in [-0.39, 0.29) is 44.4 Å². The minimum Gasteiger partial charge on any atom is -0.480 e. The van der Waals surface area contributed by atoms with Crippen LogP contribution in [0.2, 0.25) is 10.2 Å². The Morgan fingerprint density at radius 2 is 1.72 bits per heavy atom. The van der Waals surface area contributed by atoms with E-state index in [4.69, 9.17) is 43.7 Å². The number of methoxy groups -OCH3 is 1. The molecule has 61 heavy (non-hydrogen) atoms. The van der Waals surface area contributed by atoms with Gasteiger partial charge in [0, 0.05) is 48.2 Å². The highest BCUT2D eigenvalue weighted by atomic mass is 35.5. The lowest BCUT2D eigenvalue weighted by molar-refractivity contribution is -0.139. The Hall–Kier alpha value is -3.55. The van der Waals surface area contributed by atoms with Gasteiger partial charge in [0.2, 0.25) is 4.80 Å². The van der Waals surface area contributed by atoms with Gasteiger partial charge in [0.25, 0.3) is 0 Å². The van der Waals surface area contributed by atoms with E-state index in [1.165, 1.54) is 63.4 Å². The summed E-state index contributed by atoms with van der Waals surface area (Å²) in [5.41, 5.74) is 6.52. The molecule has 0 saturated carbocycles. The second kappa shape index (κ2) is 26.8. The number of esters is 1. The third-order valence-corrected chi connectivity index (χ3v) is 12.9. The summed E-state index contributed by atoms with van der Waals surface area (Å²) >= 11 is 15.3. The van der Waals surface area contributed by atoms with E-state index < -0.39 is 31.2 Å². The van der Waals surface area contributed by atoms with E-state index in [1.807, 2.05) is 30.3 Å². The number of ether oxygens (including phenoxy) is 2. The van der Waals surface area contributed by atoms with E-state index in [2.05, 4.69) is 26.9 Å². The fourth-order valence-electron chi connectivity index (χ4n) is 5.32. The Morgan fingerprint density at radius 1 is 1.05 bits per heavy atom. The number of halogens is 3. The highest BCUT2D eigenvalue weighted by molar-refractivity contribution is 8.13. The van der Waals surface area contributed by atoms with Gasteiger partial charge >= 0.3 is 22.1 Å². The third-order valence-electron chi connectivity index (χ3n) is 8.54. The summed E-state index contributed by atoms with van der Waals surface area (Å²) in [6.45, 7) is 4.71. The third kappa shape index (κ3) is 18.8. The molecule has 2 unspecified atom stereocenters. The van der Waals surface area contributed by atoms with Gasteiger partial charge in [0.05, 0.1) is 17.9 Å². The lowest BCUT2D eigenvalue weighted by atomic mass is 10.1. The molecule has 1 aliphatic rings. The molecule has 0 fully saturated rings. The van der Waals surface area contributed by atoms with E-state index in [0.29, 0.717) is 34.2 Å². The molecule has 2 atom stereocenters. The maximum atomic E-state index is 14.3. The number of nitrogens with zero attached hydrogens (tertiary/aromatic N) is 5. The molecule has 15 nitrogen and oxygen atoms in total. The van der Waals surface area contributed by atoms with Crippen molar-refractivity contribution in [1.82, 2.24) is 19.6 Å². The van der Waals surface area contributed by atoms with Crippen molar-refractivity contribution in [2.24, 2.45) is 10.7 Å². The molecule has 0 saturated heterocycles. The Kier molecular flexibility index (Phi) is 22.8. The molecule has 4 N–H and O–H groups in total. The standard InChI is InChI=1S/C19H23ClN2O2S.C15H15ClFN3O3S2.C5H12NO4P/c1-2-3-4-5-6-10-13-25-19(23)24-16-14-17(20)21-22-18(16)15-11-8-7-9-12-15;1-23-13(21)8-24-12-7-11(10(17)6-9(12)16)18-14-19-4-2-3-5-20(19)15(22)25-14;1-11(9,10)3-2-4(6)5(7)8/h7-9,11-12,14H,2-6,10,13H2,1H3;6-7H,2-5,8H2,1H3;4H,2-3,6H2,1H3,(H,7,8)(H,9,10)/b;18-14-;. The van der Waals surface area contributed by atoms with Crippen molar-refractivity contribution in [3.63, 3.8) is 0 Å². The summed E-state index contributed by atoms with van der Waals surface area (Å²) in [5.74, 6) is -0.962. The van der Waals surface area contributed by atoms with Gasteiger partial charge in [-0.2, -0.15) is 0 Å². The van der Waals surface area contributed by atoms with Crippen molar-refractivity contribution < 1.29 is 42.8 Å². The van der Waals surface area contributed by atoms with E-state index in [9.17, 15) is 28.1 Å². The molecule has 2 aromatic heterocycles. The summed E-state index contributed by atoms with van der Waals surface area (Å²) in [5, 5.41) is 16.3. The Labute approximate surface area is 375 Å². The molecule has 1 aliphatic heterocycles. The molecule has 2 aromatic carbocycles. The normalized spacial score (nSPS) is 13.7. The zero-order valence-corrected chi connectivity index (χ0v) is 38.8. The van der Waals surface area contributed by atoms with Gasteiger partial charge in [-0.1, -0.05) is 92.6 Å². The monoisotopic (exact) mass is 962 g/mol. The van der Waals surface area contributed by atoms with Crippen LogP contribution in [-0.4, -0.2) is 84.3 Å². The molecule has 3 heterocycles. The zero-order valence-electron chi connectivity index (χ0n) is 34.0. The van der Waals surface area contributed by atoms with Crippen LogP contribution in [0.3, 0.4) is 0 Å². The molecule has 0 bridgehead atoms. The molecule has 5 rings (SSSR count). The van der Waals surface area contributed by atoms with E-state index in [1.54, 1.807) is 9.36 Å². The van der Waals surface area contributed by atoms with Gasteiger partial charge in [-0.15, -0.1) is 22.0 Å². The van der Waals surface area contributed by atoms with Crippen molar-refractivity contribution in [3.05, 3.63) is 79.0 Å². The second-order valence-corrected chi connectivity index (χ2v) is 19.8. The summed E-state index contributed by atoms with van der Waals surface area (Å²) in [6, 6.07) is 12.6. The number of hydrogen-bond donors (Lipinski definition) is 3. The first-order valence-electron chi connectivity index (χ1n) is 19.3. The number of aromatic nitrogens is 4. The molecular weight excluding hydrogens is 914 g/mol. The smallest absolute Gasteiger partial charge is 0.372 e. The number of unbranched alkanes of at least 4 members (excludes halogenated alkanes) is 5. The van der Waals surface area contributed by atoms with Crippen LogP contribution >= 0.6 is 65.4 Å². The van der Waals surface area contributed by atoms with Gasteiger partial charge in [-0.05, 0) is 60.9 Å². The highest BCUT2D eigenvalue weighted by Crippen LogP contribution is 2.36. The largest absolute Gasteiger partial charge is 0.480 e. The minimum absolute atomic E-state index is 0.0412. The summed E-state index contributed by atoms with van der Waals surface area (Å²) < 4.78 is 38.4. The SMILES string of the molecule is CCCCCCCCSC(=O)Oc1cc(Cl)nnc1-c1ccccc1.COC(=O)CSc1cc(/N=c2\sc(=O)n3n2CCCC3)c(F)cc1Cl.CP(=O)(O)CCC(N)C(=O)O. The molecule has 0 spiro atoms. The average Bonchev–Trinajstić information content (AvgIpc) is 3.54. The van der Waals surface area contributed by atoms with Crippen molar-refractivity contribution in [2.75, 3.05) is 31.4 Å². The maximum Gasteiger partial charge on any atom is 0.372 e. The summed E-state index contributed by atoms with van der Waals surface area (Å²) in [6.07, 6.45) is 9.09. The Balaban J connectivity index is 0.000000263. The molecule has 0 radical (unpaired) electrons. The maximum absolute atomic E-state index is 14.3. The van der Waals surface area contributed by atoms with Crippen LogP contribution in [0.1, 0.15) is 64.7 Å². The average molecular weight is 964 g/mol. The van der Waals surface area contributed by atoms with Crippen LogP contribution in [0, 0.1) is 5.82 Å². The molecule has 334 valence electrons. The van der Waals surface area contributed by atoms with Crippen molar-refractivity contribution >= 4 is 88.4 Å². The van der Waals surface area contributed by atoms with Crippen LogP contribution in [0.25, 0.3) is 11.3 Å². The Morgan fingerprint density at radius 3 is 2.38 bits per heavy atom. The van der Waals surface area contributed by atoms with Crippen molar-refractivity contribution in [1.29, 1.82) is 0 Å². The second-order valence-electron chi connectivity index (χ2n) is 13.5. The van der Waals surface area contributed by atoms with Crippen LogP contribution in [0.5, 0.6) is 5.75 Å². The predicted octanol–water partition coefficient (Wildman–Crippen LogP) is 8.87. The molecule has 4 aromatic rings. The number of carbonyl (C=O) groups excluding carboxylic acids is 2. The predicted molar refractivity (Wildman–Crippen MR) is 240 cm³/mol. The van der Waals surface area contributed by atoms with Crippen LogP contribution in [0.4, 0.5) is 14.9 Å². The fourth-order valence-corrected chi connectivity index (χ4v) is 8.86. The number of carboxylic acid groups (broad SMARTS) is 1. The van der Waals surface area contributed by atoms with Crippen molar-refractivity contribution in [3.8, 4) is 17.0 Å². The van der Waals surface area contributed by atoms with E-state index in [0.717, 1.165) is 66.2 Å². The fraction of sp³-hybridized carbons (Fsp3) is 0.462. The number of rotatable bonds is 17. The number of nitrogens with two attached hydrogens (primary N) is 1. The van der Waals surface area contributed by atoms with Gasteiger partial charge in [0.15, 0.2) is 18.3 Å². The molecular formula is C39H50Cl2FN6O9PS3. The topological polar surface area (TPSA) is 218 Å². The first-order valence-corrected chi connectivity index (χ1v) is 25.1. The first-order chi connectivity index (χ1) is 29.0. The number of hydrogen-bond acceptors (Lipinski definition) is 14. The van der Waals surface area contributed by atoms with Gasteiger partial charge in [-0.25, -0.2) is 18.9 Å². The van der Waals surface area contributed by atoms with Gasteiger partial charge < -0.3 is 25.2 Å². The number of thioether (sulfide) groups is 2. The highest BCUT2D eigenvalue weighted by Gasteiger charge is 2.18. The van der Waals surface area contributed by atoms with Crippen molar-refractivity contribution in [2.45, 2.75) is 88.7 Å². The van der Waals surface area contributed by atoms with Crippen LogP contribution in [-0.2, 0) is 32.0 Å². The van der Waals surface area contributed by atoms with Crippen LogP contribution < -0.4 is 20.1 Å². The minimum atomic E-state index is -3.10. The van der Waals surface area contributed by atoms with Gasteiger partial charge in [-0.3, -0.25) is 23.6 Å². The lowest BCUT2D eigenvalue weighted by Gasteiger charge is -2.15.